The molecule has 0 aliphatic heterocycles. The van der Waals surface area contributed by atoms with Crippen LogP contribution < -0.4 is 4.74 Å². The van der Waals surface area contributed by atoms with Gasteiger partial charge in [-0.25, -0.2) is 4.98 Å². The molecule has 0 aliphatic rings. The molecule has 0 aliphatic carbocycles. The topological polar surface area (TPSA) is 42.4 Å². The van der Waals surface area contributed by atoms with Crippen LogP contribution in [0.15, 0.2) is 34.8 Å². The van der Waals surface area contributed by atoms with Crippen LogP contribution in [0.3, 0.4) is 0 Å². The second-order valence-corrected chi connectivity index (χ2v) is 5.09. The average molecular weight is 349 g/mol. The maximum atomic E-state index is 8.99. The summed E-state index contributed by atoms with van der Waals surface area (Å²) < 4.78 is 6.22. The zero-order valence-corrected chi connectivity index (χ0v) is 12.1. The molecule has 0 amide bonds. The molecule has 0 atom stereocenters. The molecular formula is C12H8BrCl2NO2. The highest BCUT2D eigenvalue weighted by molar-refractivity contribution is 9.10. The molecule has 1 N–H and O–H groups in total. The molecule has 0 radical (unpaired) electrons. The fraction of sp³-hybridized carbons (Fsp3) is 0.0833. The zero-order chi connectivity index (χ0) is 13.1. The van der Waals surface area contributed by atoms with E-state index in [2.05, 4.69) is 20.9 Å². The van der Waals surface area contributed by atoms with Gasteiger partial charge >= 0.3 is 0 Å². The Balaban J connectivity index is 2.30. The van der Waals surface area contributed by atoms with E-state index in [0.29, 0.717) is 31.8 Å². The fourth-order valence-electron chi connectivity index (χ4n) is 1.30. The summed E-state index contributed by atoms with van der Waals surface area (Å²) in [6, 6.07) is 8.35. The van der Waals surface area contributed by atoms with Gasteiger partial charge in [-0.1, -0.05) is 29.3 Å². The normalized spacial score (nSPS) is 10.4. The van der Waals surface area contributed by atoms with Crippen LogP contribution in [0, 0.1) is 0 Å². The van der Waals surface area contributed by atoms with Crippen molar-refractivity contribution in [2.45, 2.75) is 6.61 Å². The molecular weight excluding hydrogens is 341 g/mol. The third-order valence-electron chi connectivity index (χ3n) is 2.13. The minimum atomic E-state index is -0.147. The van der Waals surface area contributed by atoms with Gasteiger partial charge in [-0.15, -0.1) is 0 Å². The molecule has 0 spiro atoms. The monoisotopic (exact) mass is 347 g/mol. The van der Waals surface area contributed by atoms with E-state index in [9.17, 15) is 0 Å². The summed E-state index contributed by atoms with van der Waals surface area (Å²) in [7, 11) is 0. The first kappa shape index (κ1) is 13.6. The molecule has 0 saturated heterocycles. The molecule has 2 rings (SSSR count). The molecule has 1 heterocycles. The van der Waals surface area contributed by atoms with Crippen molar-refractivity contribution in [3.05, 3.63) is 50.5 Å². The van der Waals surface area contributed by atoms with Gasteiger partial charge in [0.05, 0.1) is 22.3 Å². The van der Waals surface area contributed by atoms with Crippen LogP contribution in [0.1, 0.15) is 5.69 Å². The van der Waals surface area contributed by atoms with E-state index in [4.69, 9.17) is 33.0 Å². The second kappa shape index (κ2) is 5.89. The third kappa shape index (κ3) is 3.14. The van der Waals surface area contributed by atoms with Crippen LogP contribution in [0.2, 0.25) is 10.0 Å². The van der Waals surface area contributed by atoms with E-state index in [1.165, 1.54) is 0 Å². The van der Waals surface area contributed by atoms with Gasteiger partial charge in [-0.2, -0.15) is 0 Å². The Kier molecular flexibility index (Phi) is 4.45. The summed E-state index contributed by atoms with van der Waals surface area (Å²) in [5.41, 5.74) is 0.520. The number of rotatable bonds is 3. The van der Waals surface area contributed by atoms with Gasteiger partial charge in [0, 0.05) is 16.6 Å². The predicted octanol–water partition coefficient (Wildman–Crippen LogP) is 4.44. The Morgan fingerprint density at radius 2 is 2.00 bits per heavy atom. The Morgan fingerprint density at radius 1 is 1.22 bits per heavy atom. The Labute approximate surface area is 122 Å². The Bertz CT molecular complexity index is 578. The lowest BCUT2D eigenvalue weighted by molar-refractivity contribution is 0.275. The Morgan fingerprint density at radius 3 is 2.72 bits per heavy atom. The highest BCUT2D eigenvalue weighted by Crippen LogP contribution is 2.36. The number of ether oxygens (including phenoxy) is 1. The molecule has 1 aromatic heterocycles. The molecule has 6 heteroatoms. The van der Waals surface area contributed by atoms with E-state index in [-0.39, 0.29) is 6.61 Å². The standard InChI is InChI=1S/C12H8BrCl2NO2/c13-8-4-10(15)11(5-9(8)14)18-12-3-1-2-7(6-17)16-12/h1-5,17H,6H2. The van der Waals surface area contributed by atoms with E-state index >= 15 is 0 Å². The SMILES string of the molecule is OCc1cccc(Oc2cc(Cl)c(Br)cc2Cl)n1. The van der Waals surface area contributed by atoms with Gasteiger partial charge in [-0.3, -0.25) is 0 Å². The number of hydrogen-bond acceptors (Lipinski definition) is 3. The van der Waals surface area contributed by atoms with Crippen molar-refractivity contribution in [2.24, 2.45) is 0 Å². The average Bonchev–Trinajstić information content (AvgIpc) is 2.36. The zero-order valence-electron chi connectivity index (χ0n) is 9.03. The van der Waals surface area contributed by atoms with Crippen LogP contribution in [0.4, 0.5) is 0 Å². The Hall–Kier alpha value is -0.810. The summed E-state index contributed by atoms with van der Waals surface area (Å²) in [5.74, 6) is 0.759. The lowest BCUT2D eigenvalue weighted by atomic mass is 10.3. The van der Waals surface area contributed by atoms with E-state index in [1.54, 1.807) is 30.3 Å². The number of pyridine rings is 1. The quantitative estimate of drug-likeness (QED) is 0.834. The third-order valence-corrected chi connectivity index (χ3v) is 3.62. The smallest absolute Gasteiger partial charge is 0.219 e. The molecule has 94 valence electrons. The number of halogens is 3. The van der Waals surface area contributed by atoms with Crippen molar-refractivity contribution < 1.29 is 9.84 Å². The number of aliphatic hydroxyl groups excluding tert-OH is 1. The minimum absolute atomic E-state index is 0.147. The largest absolute Gasteiger partial charge is 0.437 e. The predicted molar refractivity (Wildman–Crippen MR) is 74.4 cm³/mol. The maximum absolute atomic E-state index is 8.99. The van der Waals surface area contributed by atoms with Crippen molar-refractivity contribution in [3.8, 4) is 11.6 Å². The number of aromatic nitrogens is 1. The molecule has 0 fully saturated rings. The number of benzene rings is 1. The van der Waals surface area contributed by atoms with Crippen LogP contribution >= 0.6 is 39.1 Å². The molecule has 0 unspecified atom stereocenters. The van der Waals surface area contributed by atoms with Crippen molar-refractivity contribution in [2.75, 3.05) is 0 Å². The first-order valence-corrected chi connectivity index (χ1v) is 6.54. The fourth-order valence-corrected chi connectivity index (χ4v) is 2.13. The molecule has 1 aromatic carbocycles. The maximum Gasteiger partial charge on any atom is 0.219 e. The molecule has 18 heavy (non-hydrogen) atoms. The van der Waals surface area contributed by atoms with Gasteiger partial charge in [0.25, 0.3) is 0 Å². The van der Waals surface area contributed by atoms with E-state index in [1.807, 2.05) is 0 Å². The van der Waals surface area contributed by atoms with Crippen molar-refractivity contribution in [1.29, 1.82) is 0 Å². The van der Waals surface area contributed by atoms with Crippen molar-refractivity contribution >= 4 is 39.1 Å². The van der Waals surface area contributed by atoms with Crippen LogP contribution in [-0.2, 0) is 6.61 Å². The van der Waals surface area contributed by atoms with Gasteiger partial charge in [-0.05, 0) is 28.1 Å². The van der Waals surface area contributed by atoms with Gasteiger partial charge in [0.15, 0.2) is 0 Å². The van der Waals surface area contributed by atoms with Crippen molar-refractivity contribution in [1.82, 2.24) is 4.98 Å². The summed E-state index contributed by atoms with van der Waals surface area (Å²) in [5, 5.41) is 9.90. The molecule has 3 nitrogen and oxygen atoms in total. The van der Waals surface area contributed by atoms with E-state index in [0.717, 1.165) is 0 Å². The van der Waals surface area contributed by atoms with Crippen LogP contribution in [-0.4, -0.2) is 10.1 Å². The first-order valence-electron chi connectivity index (χ1n) is 4.99. The summed E-state index contributed by atoms with van der Waals surface area (Å²) in [4.78, 5) is 4.09. The highest BCUT2D eigenvalue weighted by atomic mass is 79.9. The van der Waals surface area contributed by atoms with Crippen LogP contribution in [0.5, 0.6) is 11.6 Å². The van der Waals surface area contributed by atoms with Crippen LogP contribution in [0.25, 0.3) is 0 Å². The highest BCUT2D eigenvalue weighted by Gasteiger charge is 2.08. The molecule has 0 bridgehead atoms. The van der Waals surface area contributed by atoms with Gasteiger partial charge in [0.2, 0.25) is 5.88 Å². The van der Waals surface area contributed by atoms with Gasteiger partial charge < -0.3 is 9.84 Å². The molecule has 2 aromatic rings. The number of hydrogen-bond donors (Lipinski definition) is 1. The number of aliphatic hydroxyl groups is 1. The minimum Gasteiger partial charge on any atom is -0.437 e. The van der Waals surface area contributed by atoms with Crippen molar-refractivity contribution in [3.63, 3.8) is 0 Å². The summed E-state index contributed by atoms with van der Waals surface area (Å²) in [6.45, 7) is -0.147. The summed E-state index contributed by atoms with van der Waals surface area (Å²) >= 11 is 15.3. The van der Waals surface area contributed by atoms with Gasteiger partial charge in [0.1, 0.15) is 5.75 Å². The number of nitrogens with zero attached hydrogens (tertiary/aromatic N) is 1. The van der Waals surface area contributed by atoms with E-state index < -0.39 is 0 Å². The molecule has 0 saturated carbocycles. The second-order valence-electron chi connectivity index (χ2n) is 3.42. The summed E-state index contributed by atoms with van der Waals surface area (Å²) in [6.07, 6.45) is 0. The lowest BCUT2D eigenvalue weighted by Gasteiger charge is -2.08. The lowest BCUT2D eigenvalue weighted by Crippen LogP contribution is -1.93. The first-order chi connectivity index (χ1) is 8.60.